The van der Waals surface area contributed by atoms with Gasteiger partial charge in [0.25, 0.3) is 0 Å². The fourth-order valence-corrected chi connectivity index (χ4v) is 3.56. The van der Waals surface area contributed by atoms with Crippen LogP contribution in [0, 0.1) is 5.92 Å². The molecule has 0 atom stereocenters. The molecule has 21 heavy (non-hydrogen) atoms. The molecule has 0 saturated heterocycles. The molecule has 0 bridgehead atoms. The van der Waals surface area contributed by atoms with Crippen LogP contribution >= 0.6 is 0 Å². The predicted octanol–water partition coefficient (Wildman–Crippen LogP) is 3.42. The third-order valence-corrected chi connectivity index (χ3v) is 5.15. The summed E-state index contributed by atoms with van der Waals surface area (Å²) in [5.41, 5.74) is 7.70. The summed E-state index contributed by atoms with van der Waals surface area (Å²) in [6.45, 7) is 7.37. The summed E-state index contributed by atoms with van der Waals surface area (Å²) in [5.74, 6) is 1.78. The number of methoxy groups -OCH3 is 1. The molecule has 3 nitrogen and oxygen atoms in total. The van der Waals surface area contributed by atoms with E-state index in [0.717, 1.165) is 31.3 Å². The fraction of sp³-hybridized carbons (Fsp3) is 0.667. The molecule has 3 heteroatoms. The molecular weight excluding hydrogens is 260 g/mol. The zero-order valence-corrected chi connectivity index (χ0v) is 13.8. The maximum atomic E-state index is 6.20. The zero-order chi connectivity index (χ0) is 15.3. The van der Waals surface area contributed by atoms with Crippen molar-refractivity contribution in [3.05, 3.63) is 29.8 Å². The molecule has 1 aliphatic carbocycles. The van der Waals surface area contributed by atoms with Gasteiger partial charge in [-0.15, -0.1) is 0 Å². The van der Waals surface area contributed by atoms with Crippen molar-refractivity contribution in [3.63, 3.8) is 0 Å². The number of benzene rings is 1. The van der Waals surface area contributed by atoms with Crippen LogP contribution < -0.4 is 10.5 Å². The van der Waals surface area contributed by atoms with Gasteiger partial charge in [-0.05, 0) is 55.8 Å². The SMILES string of the molecule is CCN(Cc1cccc(OC)c1)C1(CN)CCC(C)CC1. The van der Waals surface area contributed by atoms with Crippen molar-refractivity contribution in [1.82, 2.24) is 4.90 Å². The summed E-state index contributed by atoms with van der Waals surface area (Å²) in [6, 6.07) is 8.39. The Kier molecular flexibility index (Phi) is 5.65. The first-order valence-corrected chi connectivity index (χ1v) is 8.21. The molecule has 0 aromatic heterocycles. The van der Waals surface area contributed by atoms with Crippen LogP contribution in [0.15, 0.2) is 24.3 Å². The summed E-state index contributed by atoms with van der Waals surface area (Å²) in [5, 5.41) is 0. The van der Waals surface area contributed by atoms with E-state index in [4.69, 9.17) is 10.5 Å². The molecule has 0 unspecified atom stereocenters. The highest BCUT2D eigenvalue weighted by atomic mass is 16.5. The highest BCUT2D eigenvalue weighted by Crippen LogP contribution is 2.36. The molecule has 0 radical (unpaired) electrons. The number of hydrogen-bond donors (Lipinski definition) is 1. The summed E-state index contributed by atoms with van der Waals surface area (Å²) in [6.07, 6.45) is 5.04. The lowest BCUT2D eigenvalue weighted by molar-refractivity contribution is 0.0423. The first-order chi connectivity index (χ1) is 10.1. The minimum atomic E-state index is 0.185. The molecule has 0 spiro atoms. The zero-order valence-electron chi connectivity index (χ0n) is 13.8. The predicted molar refractivity (Wildman–Crippen MR) is 88.5 cm³/mol. The lowest BCUT2D eigenvalue weighted by Crippen LogP contribution is -2.55. The van der Waals surface area contributed by atoms with Gasteiger partial charge in [0, 0.05) is 18.6 Å². The largest absolute Gasteiger partial charge is 0.497 e. The van der Waals surface area contributed by atoms with E-state index in [0.29, 0.717) is 0 Å². The van der Waals surface area contributed by atoms with Gasteiger partial charge in [-0.3, -0.25) is 4.90 Å². The van der Waals surface area contributed by atoms with Gasteiger partial charge >= 0.3 is 0 Å². The summed E-state index contributed by atoms with van der Waals surface area (Å²) in [4.78, 5) is 2.58. The quantitative estimate of drug-likeness (QED) is 0.872. The van der Waals surface area contributed by atoms with E-state index < -0.39 is 0 Å². The maximum Gasteiger partial charge on any atom is 0.119 e. The van der Waals surface area contributed by atoms with Crippen LogP contribution in [-0.4, -0.2) is 30.6 Å². The minimum absolute atomic E-state index is 0.185. The average molecular weight is 290 g/mol. The Hall–Kier alpha value is -1.06. The third-order valence-electron chi connectivity index (χ3n) is 5.15. The van der Waals surface area contributed by atoms with Crippen LogP contribution in [0.1, 0.15) is 45.1 Å². The van der Waals surface area contributed by atoms with Crippen LogP contribution in [0.2, 0.25) is 0 Å². The molecule has 2 N–H and O–H groups in total. The van der Waals surface area contributed by atoms with E-state index in [1.54, 1.807) is 7.11 Å². The Morgan fingerprint density at radius 1 is 1.33 bits per heavy atom. The summed E-state index contributed by atoms with van der Waals surface area (Å²) < 4.78 is 5.34. The fourth-order valence-electron chi connectivity index (χ4n) is 3.56. The second-order valence-corrected chi connectivity index (χ2v) is 6.48. The average Bonchev–Trinajstić information content (AvgIpc) is 2.54. The lowest BCUT2D eigenvalue weighted by atomic mass is 9.76. The second-order valence-electron chi connectivity index (χ2n) is 6.48. The molecule has 1 fully saturated rings. The third kappa shape index (κ3) is 3.78. The van der Waals surface area contributed by atoms with Gasteiger partial charge in [0.1, 0.15) is 5.75 Å². The highest BCUT2D eigenvalue weighted by molar-refractivity contribution is 5.28. The molecule has 1 aromatic carbocycles. The molecule has 0 amide bonds. The number of nitrogens with two attached hydrogens (primary N) is 1. The molecule has 1 aromatic rings. The first kappa shape index (κ1) is 16.3. The number of rotatable bonds is 6. The van der Waals surface area contributed by atoms with Crippen molar-refractivity contribution in [3.8, 4) is 5.75 Å². The number of ether oxygens (including phenoxy) is 1. The van der Waals surface area contributed by atoms with Gasteiger partial charge < -0.3 is 10.5 Å². The van der Waals surface area contributed by atoms with Gasteiger partial charge in [-0.1, -0.05) is 26.0 Å². The van der Waals surface area contributed by atoms with Crippen molar-refractivity contribution in [2.45, 2.75) is 51.6 Å². The van der Waals surface area contributed by atoms with Gasteiger partial charge in [0.05, 0.1) is 7.11 Å². The smallest absolute Gasteiger partial charge is 0.119 e. The molecule has 1 aliphatic rings. The van der Waals surface area contributed by atoms with E-state index in [-0.39, 0.29) is 5.54 Å². The Bertz CT molecular complexity index is 439. The van der Waals surface area contributed by atoms with Gasteiger partial charge in [0.2, 0.25) is 0 Å². The van der Waals surface area contributed by atoms with E-state index in [1.165, 1.54) is 31.2 Å². The van der Waals surface area contributed by atoms with Crippen molar-refractivity contribution >= 4 is 0 Å². The maximum absolute atomic E-state index is 6.20. The molecule has 2 rings (SSSR count). The van der Waals surface area contributed by atoms with E-state index in [1.807, 2.05) is 6.07 Å². The number of hydrogen-bond acceptors (Lipinski definition) is 3. The van der Waals surface area contributed by atoms with Crippen molar-refractivity contribution in [1.29, 1.82) is 0 Å². The monoisotopic (exact) mass is 290 g/mol. The molecule has 118 valence electrons. The normalized spacial score (nSPS) is 26.0. The molecule has 1 saturated carbocycles. The van der Waals surface area contributed by atoms with Gasteiger partial charge in [-0.25, -0.2) is 0 Å². The summed E-state index contributed by atoms with van der Waals surface area (Å²) in [7, 11) is 1.72. The summed E-state index contributed by atoms with van der Waals surface area (Å²) >= 11 is 0. The lowest BCUT2D eigenvalue weighted by Gasteiger charge is -2.47. The first-order valence-electron chi connectivity index (χ1n) is 8.21. The second kappa shape index (κ2) is 7.28. The Balaban J connectivity index is 2.13. The van der Waals surface area contributed by atoms with Gasteiger partial charge in [-0.2, -0.15) is 0 Å². The molecule has 0 aliphatic heterocycles. The van der Waals surface area contributed by atoms with Crippen molar-refractivity contribution < 1.29 is 4.74 Å². The minimum Gasteiger partial charge on any atom is -0.497 e. The van der Waals surface area contributed by atoms with Crippen LogP contribution in [-0.2, 0) is 6.54 Å². The number of likely N-dealkylation sites (N-methyl/N-ethyl adjacent to an activating group) is 1. The van der Waals surface area contributed by atoms with Crippen molar-refractivity contribution in [2.75, 3.05) is 20.2 Å². The standard InChI is InChI=1S/C18H30N2O/c1-4-20(13-16-6-5-7-17(12-16)21-3)18(14-19)10-8-15(2)9-11-18/h5-7,12,15H,4,8-11,13-14,19H2,1-3H3. The van der Waals surface area contributed by atoms with Crippen LogP contribution in [0.25, 0.3) is 0 Å². The Labute approximate surface area is 129 Å². The van der Waals surface area contributed by atoms with Crippen LogP contribution in [0.4, 0.5) is 0 Å². The topological polar surface area (TPSA) is 38.5 Å². The number of nitrogens with zero attached hydrogens (tertiary/aromatic N) is 1. The Morgan fingerprint density at radius 2 is 2.05 bits per heavy atom. The van der Waals surface area contributed by atoms with Crippen LogP contribution in [0.3, 0.4) is 0 Å². The van der Waals surface area contributed by atoms with E-state index in [2.05, 4.69) is 36.9 Å². The highest BCUT2D eigenvalue weighted by Gasteiger charge is 2.37. The van der Waals surface area contributed by atoms with Crippen LogP contribution in [0.5, 0.6) is 5.75 Å². The molecule has 0 heterocycles. The molecular formula is C18H30N2O. The van der Waals surface area contributed by atoms with Gasteiger partial charge in [0.15, 0.2) is 0 Å². The van der Waals surface area contributed by atoms with E-state index in [9.17, 15) is 0 Å². The van der Waals surface area contributed by atoms with E-state index >= 15 is 0 Å². The van der Waals surface area contributed by atoms with Crippen molar-refractivity contribution in [2.24, 2.45) is 11.7 Å². The Morgan fingerprint density at radius 3 is 2.62 bits per heavy atom.